The Morgan fingerprint density at radius 1 is 1.27 bits per heavy atom. The number of carbonyl (C=O) groups is 2. The highest BCUT2D eigenvalue weighted by Gasteiger charge is 2.53. The van der Waals surface area contributed by atoms with Gasteiger partial charge in [0.15, 0.2) is 6.29 Å². The molecule has 0 saturated carbocycles. The van der Waals surface area contributed by atoms with E-state index in [1.807, 2.05) is 20.8 Å². The van der Waals surface area contributed by atoms with Crippen LogP contribution < -0.4 is 4.74 Å². The van der Waals surface area contributed by atoms with E-state index < -0.39 is 5.60 Å². The third-order valence-corrected chi connectivity index (χ3v) is 4.92. The van der Waals surface area contributed by atoms with E-state index in [1.54, 1.807) is 23.1 Å². The third kappa shape index (κ3) is 4.30. The number of ether oxygens (including phenoxy) is 2. The topological polar surface area (TPSA) is 59.1 Å². The lowest BCUT2D eigenvalue weighted by molar-refractivity contribution is -0.114. The fraction of sp³-hybridized carbons (Fsp3) is 0.579. The first kappa shape index (κ1) is 19.0. The maximum absolute atomic E-state index is 12.0. The highest BCUT2D eigenvalue weighted by molar-refractivity contribution is 6.33. The third-order valence-electron chi connectivity index (χ3n) is 4.60. The van der Waals surface area contributed by atoms with Crippen molar-refractivity contribution in [1.29, 1.82) is 0 Å². The number of halogens is 1. The van der Waals surface area contributed by atoms with Crippen molar-refractivity contribution in [3.63, 3.8) is 0 Å². The van der Waals surface area contributed by atoms with Gasteiger partial charge in [0.05, 0.1) is 5.02 Å². The molecule has 0 bridgehead atoms. The van der Waals surface area contributed by atoms with Gasteiger partial charge in [0.2, 0.25) is 0 Å². The molecular weight excluding hydrogens is 356 g/mol. The molecule has 7 heteroatoms. The van der Waals surface area contributed by atoms with Crippen molar-refractivity contribution in [1.82, 2.24) is 9.80 Å². The van der Waals surface area contributed by atoms with Crippen molar-refractivity contribution in [3.05, 3.63) is 28.8 Å². The van der Waals surface area contributed by atoms with Gasteiger partial charge in [-0.3, -0.25) is 9.69 Å². The maximum atomic E-state index is 12.0. The van der Waals surface area contributed by atoms with Crippen LogP contribution in [0.3, 0.4) is 0 Å². The molecule has 2 saturated heterocycles. The van der Waals surface area contributed by atoms with Gasteiger partial charge in [0.1, 0.15) is 18.0 Å². The summed E-state index contributed by atoms with van der Waals surface area (Å²) < 4.78 is 11.1. The van der Waals surface area contributed by atoms with Gasteiger partial charge in [-0.25, -0.2) is 4.79 Å². The van der Waals surface area contributed by atoms with Gasteiger partial charge in [0, 0.05) is 43.7 Å². The molecule has 2 fully saturated rings. The summed E-state index contributed by atoms with van der Waals surface area (Å²) in [7, 11) is 0. The molecule has 0 atom stereocenters. The minimum Gasteiger partial charge on any atom is -0.492 e. The molecule has 1 aromatic carbocycles. The number of amides is 1. The Morgan fingerprint density at radius 2 is 1.96 bits per heavy atom. The molecule has 26 heavy (non-hydrogen) atoms. The molecule has 6 nitrogen and oxygen atoms in total. The lowest BCUT2D eigenvalue weighted by Gasteiger charge is -2.59. The molecule has 0 unspecified atom stereocenters. The molecule has 3 rings (SSSR count). The zero-order chi connectivity index (χ0) is 18.9. The molecule has 2 aliphatic heterocycles. The van der Waals surface area contributed by atoms with E-state index in [9.17, 15) is 9.59 Å². The van der Waals surface area contributed by atoms with Gasteiger partial charge in [-0.15, -0.1) is 0 Å². The highest BCUT2D eigenvalue weighted by Crippen LogP contribution is 2.40. The fourth-order valence-electron chi connectivity index (χ4n) is 3.47. The number of aldehydes is 1. The summed E-state index contributed by atoms with van der Waals surface area (Å²) >= 11 is 5.99. The Balaban J connectivity index is 1.35. The standard InChI is InChI=1S/C19H25ClN2O4/c1-18(2,3)26-17(24)22-12-19(13-22)10-21(11-19)6-7-25-15-5-4-14(9-23)16(20)8-15/h4-5,8-9H,6-7,10-13H2,1-3H3. The van der Waals surface area contributed by atoms with Crippen LogP contribution >= 0.6 is 11.6 Å². The van der Waals surface area contributed by atoms with Crippen molar-refractivity contribution in [2.45, 2.75) is 26.4 Å². The first-order chi connectivity index (χ1) is 12.2. The van der Waals surface area contributed by atoms with E-state index >= 15 is 0 Å². The second kappa shape index (κ2) is 7.08. The van der Waals surface area contributed by atoms with E-state index in [1.165, 1.54) is 0 Å². The number of carbonyl (C=O) groups excluding carboxylic acids is 2. The van der Waals surface area contributed by atoms with Crippen molar-refractivity contribution in [2.24, 2.45) is 5.41 Å². The van der Waals surface area contributed by atoms with Crippen LogP contribution in [-0.2, 0) is 4.74 Å². The van der Waals surface area contributed by atoms with E-state index in [0.717, 1.165) is 39.0 Å². The highest BCUT2D eigenvalue weighted by atomic mass is 35.5. The van der Waals surface area contributed by atoms with Crippen molar-refractivity contribution in [2.75, 3.05) is 39.3 Å². The van der Waals surface area contributed by atoms with Gasteiger partial charge in [-0.2, -0.15) is 0 Å². The number of rotatable bonds is 5. The van der Waals surface area contributed by atoms with Crippen LogP contribution in [0.2, 0.25) is 5.02 Å². The van der Waals surface area contributed by atoms with Crippen LogP contribution in [0.4, 0.5) is 4.79 Å². The summed E-state index contributed by atoms with van der Waals surface area (Å²) in [4.78, 5) is 26.8. The number of nitrogens with zero attached hydrogens (tertiary/aromatic N) is 2. The molecule has 0 N–H and O–H groups in total. The van der Waals surface area contributed by atoms with Gasteiger partial charge in [0.25, 0.3) is 0 Å². The number of likely N-dealkylation sites (tertiary alicyclic amines) is 2. The zero-order valence-corrected chi connectivity index (χ0v) is 16.2. The summed E-state index contributed by atoms with van der Waals surface area (Å²) in [5.74, 6) is 0.663. The van der Waals surface area contributed by atoms with Crippen molar-refractivity contribution >= 4 is 24.0 Å². The largest absolute Gasteiger partial charge is 0.492 e. The van der Waals surface area contributed by atoms with E-state index in [-0.39, 0.29) is 11.5 Å². The zero-order valence-electron chi connectivity index (χ0n) is 15.5. The Hall–Kier alpha value is -1.79. The van der Waals surface area contributed by atoms with Crippen LogP contribution in [0.25, 0.3) is 0 Å². The van der Waals surface area contributed by atoms with E-state index in [4.69, 9.17) is 21.1 Å². The summed E-state index contributed by atoms with van der Waals surface area (Å²) in [5.41, 5.74) is 0.241. The monoisotopic (exact) mass is 380 g/mol. The molecule has 2 heterocycles. The second-order valence-electron chi connectivity index (χ2n) is 8.20. The van der Waals surface area contributed by atoms with Crippen molar-refractivity contribution < 1.29 is 19.1 Å². The van der Waals surface area contributed by atoms with Crippen LogP contribution in [0.1, 0.15) is 31.1 Å². The minimum atomic E-state index is -0.449. The van der Waals surface area contributed by atoms with Crippen LogP contribution in [0.15, 0.2) is 18.2 Å². The number of hydrogen-bond donors (Lipinski definition) is 0. The fourth-order valence-corrected chi connectivity index (χ4v) is 3.68. The normalized spacial score (nSPS) is 18.8. The van der Waals surface area contributed by atoms with Gasteiger partial charge in [-0.05, 0) is 39.0 Å². The smallest absolute Gasteiger partial charge is 0.410 e. The number of benzene rings is 1. The Morgan fingerprint density at radius 3 is 2.54 bits per heavy atom. The molecule has 0 aliphatic carbocycles. The van der Waals surface area contributed by atoms with Gasteiger partial charge < -0.3 is 14.4 Å². The molecular formula is C19H25ClN2O4. The minimum absolute atomic E-state index is 0.222. The lowest BCUT2D eigenvalue weighted by Crippen LogP contribution is -2.73. The van der Waals surface area contributed by atoms with Crippen LogP contribution in [-0.4, -0.2) is 67.1 Å². The summed E-state index contributed by atoms with van der Waals surface area (Å²) in [6.07, 6.45) is 0.505. The quantitative estimate of drug-likeness (QED) is 0.735. The van der Waals surface area contributed by atoms with Gasteiger partial charge >= 0.3 is 6.09 Å². The Labute approximate surface area is 159 Å². The van der Waals surface area contributed by atoms with Crippen LogP contribution in [0.5, 0.6) is 5.75 Å². The second-order valence-corrected chi connectivity index (χ2v) is 8.60. The Kier molecular flexibility index (Phi) is 5.17. The predicted molar refractivity (Wildman–Crippen MR) is 99.0 cm³/mol. The average molecular weight is 381 g/mol. The molecule has 1 spiro atoms. The maximum Gasteiger partial charge on any atom is 0.410 e. The summed E-state index contributed by atoms with van der Waals surface area (Å²) in [6.45, 7) is 10.5. The molecule has 1 amide bonds. The first-order valence-electron chi connectivity index (χ1n) is 8.78. The summed E-state index contributed by atoms with van der Waals surface area (Å²) in [6, 6.07) is 5.06. The van der Waals surface area contributed by atoms with Crippen LogP contribution in [0, 0.1) is 5.41 Å². The number of hydrogen-bond acceptors (Lipinski definition) is 5. The van der Waals surface area contributed by atoms with E-state index in [2.05, 4.69) is 4.90 Å². The Bertz CT molecular complexity index is 687. The molecule has 0 aromatic heterocycles. The SMILES string of the molecule is CC(C)(C)OC(=O)N1CC2(CN(CCOc3ccc(C=O)c(Cl)c3)C2)C1. The van der Waals surface area contributed by atoms with Crippen molar-refractivity contribution in [3.8, 4) is 5.75 Å². The summed E-state index contributed by atoms with van der Waals surface area (Å²) in [5, 5.41) is 0.400. The molecule has 1 aromatic rings. The first-order valence-corrected chi connectivity index (χ1v) is 9.15. The van der Waals surface area contributed by atoms with Gasteiger partial charge in [-0.1, -0.05) is 11.6 Å². The van der Waals surface area contributed by atoms with E-state index in [0.29, 0.717) is 22.9 Å². The molecule has 2 aliphatic rings. The predicted octanol–water partition coefficient (Wildman–Crippen LogP) is 3.08. The lowest BCUT2D eigenvalue weighted by atomic mass is 9.73. The average Bonchev–Trinajstić information content (AvgIpc) is 2.45. The molecule has 142 valence electrons. The molecule has 0 radical (unpaired) electrons.